The molecule has 0 aliphatic carbocycles. The molecule has 7 heteroatoms. The van der Waals surface area contributed by atoms with E-state index in [4.69, 9.17) is 0 Å². The SMILES string of the molecule is C=CC(=O)N1CCC(C(=O)NCCc2ncnn2C)(c2ccccc2)CC1. The van der Waals surface area contributed by atoms with Crippen molar-refractivity contribution in [3.8, 4) is 0 Å². The monoisotopic (exact) mass is 367 g/mol. The number of carbonyl (C=O) groups is 2. The smallest absolute Gasteiger partial charge is 0.245 e. The zero-order chi connectivity index (χ0) is 19.3. The molecule has 0 atom stereocenters. The lowest BCUT2D eigenvalue weighted by Crippen LogP contribution is -2.53. The molecule has 1 aliphatic heterocycles. The van der Waals surface area contributed by atoms with E-state index in [0.29, 0.717) is 38.9 Å². The molecule has 1 aromatic carbocycles. The van der Waals surface area contributed by atoms with Gasteiger partial charge in [-0.2, -0.15) is 5.10 Å². The predicted molar refractivity (Wildman–Crippen MR) is 102 cm³/mol. The zero-order valence-corrected chi connectivity index (χ0v) is 15.6. The Kier molecular flexibility index (Phi) is 5.69. The fourth-order valence-corrected chi connectivity index (χ4v) is 3.65. The normalized spacial score (nSPS) is 16.0. The summed E-state index contributed by atoms with van der Waals surface area (Å²) >= 11 is 0. The molecule has 2 amide bonds. The van der Waals surface area contributed by atoms with Crippen LogP contribution in [0.1, 0.15) is 24.2 Å². The standard InChI is InChI=1S/C20H25N5O2/c1-3-18(26)25-13-10-20(11-14-25,16-7-5-4-6-8-16)19(27)21-12-9-17-22-15-23-24(17)2/h3-8,15H,1,9-14H2,2H3,(H,21,27). The average Bonchev–Trinajstić information content (AvgIpc) is 3.12. The first-order chi connectivity index (χ1) is 13.1. The molecule has 0 unspecified atom stereocenters. The van der Waals surface area contributed by atoms with Crippen molar-refractivity contribution >= 4 is 11.8 Å². The lowest BCUT2D eigenvalue weighted by atomic mass is 9.72. The van der Waals surface area contributed by atoms with Crippen LogP contribution < -0.4 is 5.32 Å². The number of carbonyl (C=O) groups excluding carboxylic acids is 2. The summed E-state index contributed by atoms with van der Waals surface area (Å²) in [6.45, 7) is 5.13. The third-order valence-corrected chi connectivity index (χ3v) is 5.30. The molecular weight excluding hydrogens is 342 g/mol. The van der Waals surface area contributed by atoms with E-state index in [9.17, 15) is 9.59 Å². The Balaban J connectivity index is 1.73. The van der Waals surface area contributed by atoms with Crippen molar-refractivity contribution in [2.45, 2.75) is 24.7 Å². The fourth-order valence-electron chi connectivity index (χ4n) is 3.65. The van der Waals surface area contributed by atoms with Gasteiger partial charge in [-0.15, -0.1) is 0 Å². The Bertz CT molecular complexity index is 807. The lowest BCUT2D eigenvalue weighted by molar-refractivity contribution is -0.133. The topological polar surface area (TPSA) is 80.1 Å². The highest BCUT2D eigenvalue weighted by atomic mass is 16.2. The summed E-state index contributed by atoms with van der Waals surface area (Å²) in [6.07, 6.45) is 4.64. The minimum Gasteiger partial charge on any atom is -0.355 e. The number of nitrogens with zero attached hydrogens (tertiary/aromatic N) is 4. The van der Waals surface area contributed by atoms with Crippen LogP contribution in [0.25, 0.3) is 0 Å². The van der Waals surface area contributed by atoms with Gasteiger partial charge < -0.3 is 10.2 Å². The first-order valence-electron chi connectivity index (χ1n) is 9.15. The van der Waals surface area contributed by atoms with Crippen LogP contribution in [0.2, 0.25) is 0 Å². The summed E-state index contributed by atoms with van der Waals surface area (Å²) in [5.41, 5.74) is 0.367. The van der Waals surface area contributed by atoms with Crippen LogP contribution in [0.15, 0.2) is 49.3 Å². The molecule has 1 aliphatic rings. The molecule has 3 rings (SSSR count). The van der Waals surface area contributed by atoms with Crippen LogP contribution in [-0.2, 0) is 28.5 Å². The molecule has 0 bridgehead atoms. The minimum atomic E-state index is -0.626. The van der Waals surface area contributed by atoms with Gasteiger partial charge in [0.1, 0.15) is 12.2 Å². The number of hydrogen-bond donors (Lipinski definition) is 1. The highest BCUT2D eigenvalue weighted by molar-refractivity contribution is 5.90. The van der Waals surface area contributed by atoms with E-state index < -0.39 is 5.41 Å². The fraction of sp³-hybridized carbons (Fsp3) is 0.400. The van der Waals surface area contributed by atoms with Crippen molar-refractivity contribution in [2.75, 3.05) is 19.6 Å². The minimum absolute atomic E-state index is 0.00145. The number of benzene rings is 1. The molecule has 1 saturated heterocycles. The Morgan fingerprint density at radius 2 is 1.96 bits per heavy atom. The van der Waals surface area contributed by atoms with Crippen LogP contribution in [-0.4, -0.2) is 51.1 Å². The zero-order valence-electron chi connectivity index (χ0n) is 15.6. The van der Waals surface area contributed by atoms with Crippen LogP contribution in [0, 0.1) is 0 Å². The Morgan fingerprint density at radius 3 is 2.56 bits per heavy atom. The van der Waals surface area contributed by atoms with Crippen LogP contribution in [0.5, 0.6) is 0 Å². The van der Waals surface area contributed by atoms with Crippen molar-refractivity contribution in [1.82, 2.24) is 25.0 Å². The molecule has 27 heavy (non-hydrogen) atoms. The number of amides is 2. The number of rotatable bonds is 6. The molecule has 142 valence electrons. The van der Waals surface area contributed by atoms with Crippen molar-refractivity contribution in [2.24, 2.45) is 7.05 Å². The van der Waals surface area contributed by atoms with Crippen molar-refractivity contribution < 1.29 is 9.59 Å². The number of piperidine rings is 1. The molecule has 1 N–H and O–H groups in total. The highest BCUT2D eigenvalue weighted by Crippen LogP contribution is 2.36. The maximum Gasteiger partial charge on any atom is 0.245 e. The Morgan fingerprint density at radius 1 is 1.26 bits per heavy atom. The van der Waals surface area contributed by atoms with Crippen LogP contribution in [0.4, 0.5) is 0 Å². The second-order valence-corrected chi connectivity index (χ2v) is 6.78. The second kappa shape index (κ2) is 8.16. The highest BCUT2D eigenvalue weighted by Gasteiger charge is 2.43. The maximum absolute atomic E-state index is 13.2. The molecule has 1 aromatic heterocycles. The van der Waals surface area contributed by atoms with Gasteiger partial charge in [0.05, 0.1) is 5.41 Å². The molecule has 2 heterocycles. The van der Waals surface area contributed by atoms with Gasteiger partial charge in [-0.1, -0.05) is 36.9 Å². The van der Waals surface area contributed by atoms with E-state index in [-0.39, 0.29) is 11.8 Å². The van der Waals surface area contributed by atoms with E-state index in [1.807, 2.05) is 37.4 Å². The number of likely N-dealkylation sites (tertiary alicyclic amines) is 1. The molecule has 2 aromatic rings. The second-order valence-electron chi connectivity index (χ2n) is 6.78. The molecule has 0 spiro atoms. The first kappa shape index (κ1) is 18.8. The number of aryl methyl sites for hydroxylation is 1. The summed E-state index contributed by atoms with van der Waals surface area (Å²) in [7, 11) is 1.84. The maximum atomic E-state index is 13.2. The number of hydrogen-bond acceptors (Lipinski definition) is 4. The quantitative estimate of drug-likeness (QED) is 0.779. The third-order valence-electron chi connectivity index (χ3n) is 5.30. The number of nitrogens with one attached hydrogen (secondary N) is 1. The van der Waals surface area contributed by atoms with Gasteiger partial charge in [0.15, 0.2) is 0 Å². The third kappa shape index (κ3) is 3.92. The van der Waals surface area contributed by atoms with Crippen LogP contribution in [0.3, 0.4) is 0 Å². The van der Waals surface area contributed by atoms with Crippen molar-refractivity contribution in [1.29, 1.82) is 0 Å². The van der Waals surface area contributed by atoms with Crippen molar-refractivity contribution in [3.05, 3.63) is 60.7 Å². The largest absolute Gasteiger partial charge is 0.355 e. The van der Waals surface area contributed by atoms with E-state index in [1.54, 1.807) is 9.58 Å². The van der Waals surface area contributed by atoms with Gasteiger partial charge in [-0.05, 0) is 24.5 Å². The summed E-state index contributed by atoms with van der Waals surface area (Å²) < 4.78 is 1.71. The summed E-state index contributed by atoms with van der Waals surface area (Å²) in [5, 5.41) is 7.12. The van der Waals surface area contributed by atoms with E-state index in [1.165, 1.54) is 12.4 Å². The van der Waals surface area contributed by atoms with Gasteiger partial charge in [-0.3, -0.25) is 14.3 Å². The van der Waals surface area contributed by atoms with E-state index in [0.717, 1.165) is 11.4 Å². The van der Waals surface area contributed by atoms with E-state index >= 15 is 0 Å². The van der Waals surface area contributed by atoms with Gasteiger partial charge in [0.25, 0.3) is 0 Å². The summed E-state index contributed by atoms with van der Waals surface area (Å²) in [4.78, 5) is 31.1. The summed E-state index contributed by atoms with van der Waals surface area (Å²) in [5.74, 6) is 0.747. The average molecular weight is 367 g/mol. The van der Waals surface area contributed by atoms with Gasteiger partial charge in [0.2, 0.25) is 11.8 Å². The molecule has 0 radical (unpaired) electrons. The Labute approximate surface area is 159 Å². The van der Waals surface area contributed by atoms with E-state index in [2.05, 4.69) is 22.0 Å². The summed E-state index contributed by atoms with van der Waals surface area (Å²) in [6, 6.07) is 9.83. The predicted octanol–water partition coefficient (Wildman–Crippen LogP) is 1.22. The van der Waals surface area contributed by atoms with Gasteiger partial charge >= 0.3 is 0 Å². The molecule has 7 nitrogen and oxygen atoms in total. The lowest BCUT2D eigenvalue weighted by Gasteiger charge is -2.40. The molecule has 1 fully saturated rings. The van der Waals surface area contributed by atoms with Crippen LogP contribution >= 0.6 is 0 Å². The van der Waals surface area contributed by atoms with Gasteiger partial charge in [0, 0.05) is 33.1 Å². The Hall–Kier alpha value is -2.96. The number of aromatic nitrogens is 3. The molecule has 0 saturated carbocycles. The molecular formula is C20H25N5O2. The van der Waals surface area contributed by atoms with Crippen molar-refractivity contribution in [3.63, 3.8) is 0 Å². The first-order valence-corrected chi connectivity index (χ1v) is 9.15. The van der Waals surface area contributed by atoms with Gasteiger partial charge in [-0.25, -0.2) is 4.98 Å².